The van der Waals surface area contributed by atoms with Gasteiger partial charge >= 0.3 is 5.97 Å². The van der Waals surface area contributed by atoms with Crippen LogP contribution in [0.25, 0.3) is 0 Å². The molecule has 366 valence electrons. The molecule has 1 amide bonds. The number of esters is 1. The quantitative estimate of drug-likeness (QED) is 0.0321. The van der Waals surface area contributed by atoms with Gasteiger partial charge in [0, 0.05) is 12.8 Å². The van der Waals surface area contributed by atoms with Crippen molar-refractivity contribution in [2.24, 2.45) is 0 Å². The molecule has 0 saturated heterocycles. The summed E-state index contributed by atoms with van der Waals surface area (Å²) in [5.74, 6) is -0.0572. The van der Waals surface area contributed by atoms with Crippen molar-refractivity contribution in [3.05, 3.63) is 24.3 Å². The summed E-state index contributed by atoms with van der Waals surface area (Å²) in [7, 11) is 0. The van der Waals surface area contributed by atoms with E-state index in [-0.39, 0.29) is 18.5 Å². The molecule has 0 aromatic rings. The van der Waals surface area contributed by atoms with Gasteiger partial charge in [0.25, 0.3) is 0 Å². The second kappa shape index (κ2) is 52.0. The fourth-order valence-corrected chi connectivity index (χ4v) is 8.45. The van der Waals surface area contributed by atoms with E-state index in [2.05, 4.69) is 43.5 Å². The van der Waals surface area contributed by atoms with Crippen LogP contribution < -0.4 is 5.32 Å². The Balaban J connectivity index is 3.42. The minimum absolute atomic E-state index is 0.00346. The number of hydrogen-bond acceptors (Lipinski definition) is 5. The van der Waals surface area contributed by atoms with Gasteiger partial charge in [0.05, 0.1) is 25.4 Å². The number of rotatable bonds is 51. The first-order chi connectivity index (χ1) is 30.5. The van der Waals surface area contributed by atoms with Crippen molar-refractivity contribution in [2.45, 2.75) is 309 Å². The number of nitrogens with one attached hydrogen (secondary N) is 1. The van der Waals surface area contributed by atoms with Crippen LogP contribution in [-0.2, 0) is 14.3 Å². The molecule has 0 radical (unpaired) electrons. The van der Waals surface area contributed by atoms with Gasteiger partial charge in [0.15, 0.2) is 0 Å². The summed E-state index contributed by atoms with van der Waals surface area (Å²) in [5, 5.41) is 23.1. The minimum atomic E-state index is -0.673. The summed E-state index contributed by atoms with van der Waals surface area (Å²) < 4.78 is 5.48. The number of hydrogen-bond donors (Lipinski definition) is 3. The molecule has 0 fully saturated rings. The lowest BCUT2D eigenvalue weighted by molar-refractivity contribution is -0.143. The number of amides is 1. The Morgan fingerprint density at radius 2 is 0.758 bits per heavy atom. The summed E-state index contributed by atoms with van der Waals surface area (Å²) in [5.41, 5.74) is 0. The maximum Gasteiger partial charge on any atom is 0.305 e. The highest BCUT2D eigenvalue weighted by Crippen LogP contribution is 2.16. The zero-order valence-corrected chi connectivity index (χ0v) is 41.6. The Hall–Kier alpha value is -1.66. The molecule has 0 aromatic carbocycles. The first-order valence-corrected chi connectivity index (χ1v) is 27.6. The molecule has 6 nitrogen and oxygen atoms in total. The van der Waals surface area contributed by atoms with Gasteiger partial charge in [-0.05, 0) is 77.0 Å². The Morgan fingerprint density at radius 1 is 0.435 bits per heavy atom. The van der Waals surface area contributed by atoms with Crippen LogP contribution in [0.15, 0.2) is 24.3 Å². The monoisotopic (exact) mass is 874 g/mol. The van der Waals surface area contributed by atoms with Gasteiger partial charge in [-0.1, -0.05) is 231 Å². The highest BCUT2D eigenvalue weighted by atomic mass is 16.5. The molecule has 6 heteroatoms. The smallest absolute Gasteiger partial charge is 0.305 e. The molecule has 2 unspecified atom stereocenters. The molecule has 62 heavy (non-hydrogen) atoms. The van der Waals surface area contributed by atoms with E-state index in [9.17, 15) is 19.8 Å². The summed E-state index contributed by atoms with van der Waals surface area (Å²) >= 11 is 0. The summed E-state index contributed by atoms with van der Waals surface area (Å²) in [6.07, 6.45) is 61.6. The molecular weight excluding hydrogens is 767 g/mol. The Labute approximate surface area is 386 Å². The van der Waals surface area contributed by atoms with Crippen LogP contribution in [0.4, 0.5) is 0 Å². The zero-order valence-electron chi connectivity index (χ0n) is 41.6. The van der Waals surface area contributed by atoms with Crippen molar-refractivity contribution in [2.75, 3.05) is 13.2 Å². The van der Waals surface area contributed by atoms with Crippen molar-refractivity contribution in [3.8, 4) is 0 Å². The van der Waals surface area contributed by atoms with Gasteiger partial charge in [0.1, 0.15) is 0 Å². The third kappa shape index (κ3) is 47.8. The van der Waals surface area contributed by atoms with Crippen LogP contribution in [0.2, 0.25) is 0 Å². The Morgan fingerprint density at radius 3 is 1.15 bits per heavy atom. The van der Waals surface area contributed by atoms with Gasteiger partial charge in [-0.15, -0.1) is 0 Å². The van der Waals surface area contributed by atoms with Crippen molar-refractivity contribution in [3.63, 3.8) is 0 Å². The van der Waals surface area contributed by atoms with E-state index < -0.39 is 12.1 Å². The van der Waals surface area contributed by atoms with Gasteiger partial charge in [0.2, 0.25) is 5.91 Å². The average Bonchev–Trinajstić information content (AvgIpc) is 3.27. The van der Waals surface area contributed by atoms with Crippen LogP contribution in [0.5, 0.6) is 0 Å². The second-order valence-corrected chi connectivity index (χ2v) is 18.9. The van der Waals surface area contributed by atoms with Crippen molar-refractivity contribution in [1.82, 2.24) is 5.32 Å². The molecule has 0 aromatic heterocycles. The van der Waals surface area contributed by atoms with E-state index >= 15 is 0 Å². The molecule has 0 spiro atoms. The van der Waals surface area contributed by atoms with Crippen LogP contribution in [-0.4, -0.2) is 47.4 Å². The van der Waals surface area contributed by atoms with Crippen LogP contribution in [0, 0.1) is 0 Å². The van der Waals surface area contributed by atoms with E-state index in [0.29, 0.717) is 25.9 Å². The first-order valence-electron chi connectivity index (χ1n) is 27.6. The van der Waals surface area contributed by atoms with Gasteiger partial charge in [-0.3, -0.25) is 9.59 Å². The fraction of sp³-hybridized carbons (Fsp3) is 0.893. The summed E-state index contributed by atoms with van der Waals surface area (Å²) in [4.78, 5) is 24.5. The van der Waals surface area contributed by atoms with Crippen LogP contribution in [0.3, 0.4) is 0 Å². The van der Waals surface area contributed by atoms with Crippen LogP contribution >= 0.6 is 0 Å². The second-order valence-electron chi connectivity index (χ2n) is 18.9. The summed E-state index contributed by atoms with van der Waals surface area (Å²) in [6, 6.07) is -0.552. The number of allylic oxidation sites excluding steroid dienone is 4. The van der Waals surface area contributed by atoms with E-state index in [0.717, 1.165) is 64.2 Å². The molecule has 0 aliphatic rings. The highest BCUT2D eigenvalue weighted by Gasteiger charge is 2.20. The highest BCUT2D eigenvalue weighted by molar-refractivity contribution is 5.76. The van der Waals surface area contributed by atoms with Crippen LogP contribution in [0.1, 0.15) is 296 Å². The Bertz CT molecular complexity index is 966. The summed E-state index contributed by atoms with van der Waals surface area (Å²) in [6.45, 7) is 4.91. The van der Waals surface area contributed by atoms with E-state index in [1.54, 1.807) is 0 Å². The van der Waals surface area contributed by atoms with Crippen molar-refractivity contribution >= 4 is 11.9 Å². The minimum Gasteiger partial charge on any atom is -0.466 e. The molecule has 0 saturated carbocycles. The number of unbranched alkanes of at least 4 members (excludes halogenated alkanes) is 36. The number of carbonyl (C=O) groups excluding carboxylic acids is 2. The number of ether oxygens (including phenoxy) is 1. The van der Waals surface area contributed by atoms with Crippen molar-refractivity contribution < 1.29 is 24.5 Å². The number of aliphatic hydroxyl groups is 2. The van der Waals surface area contributed by atoms with E-state index in [1.807, 2.05) is 0 Å². The molecule has 0 rings (SSSR count). The maximum atomic E-state index is 12.4. The standard InChI is InChI=1S/C56H107NO5/c1-3-5-7-9-11-13-15-16-17-18-19-20-24-27-30-34-38-42-46-50-56(61)62-51-47-43-39-35-31-28-25-22-21-23-26-29-33-37-41-45-49-55(60)57-53(52-58)54(59)48-44-40-36-32-14-12-10-8-6-4-2/h16-17,21,23,53-54,58-59H,3-15,18-20,22,24-52H2,1-2H3,(H,57,60)/b17-16-,23-21-. The molecule has 2 atom stereocenters. The average molecular weight is 874 g/mol. The normalized spacial score (nSPS) is 12.8. The third-order valence-corrected chi connectivity index (χ3v) is 12.7. The third-order valence-electron chi connectivity index (χ3n) is 12.7. The lowest BCUT2D eigenvalue weighted by Crippen LogP contribution is -2.45. The SMILES string of the molecule is CCCCCCCC/C=C\CCCCCCCCCCCC(=O)OCCCCCCCCC/C=C\CCCCCCCC(=O)NC(CO)C(O)CCCCCCCCCCCC. The molecule has 3 N–H and O–H groups in total. The predicted octanol–water partition coefficient (Wildman–Crippen LogP) is 16.7. The molecular formula is C56H107NO5. The molecule has 0 heterocycles. The lowest BCUT2D eigenvalue weighted by Gasteiger charge is -2.22. The number of carbonyl (C=O) groups is 2. The first kappa shape index (κ1) is 60.3. The topological polar surface area (TPSA) is 95.9 Å². The van der Waals surface area contributed by atoms with Gasteiger partial charge in [-0.25, -0.2) is 0 Å². The Kier molecular flexibility index (Phi) is 50.6. The largest absolute Gasteiger partial charge is 0.466 e. The fourth-order valence-electron chi connectivity index (χ4n) is 8.45. The molecule has 0 aliphatic carbocycles. The maximum absolute atomic E-state index is 12.4. The van der Waals surface area contributed by atoms with E-state index in [4.69, 9.17) is 4.74 Å². The number of aliphatic hydroxyl groups excluding tert-OH is 2. The zero-order chi connectivity index (χ0) is 45.1. The lowest BCUT2D eigenvalue weighted by atomic mass is 10.0. The van der Waals surface area contributed by atoms with Crippen molar-refractivity contribution in [1.29, 1.82) is 0 Å². The van der Waals surface area contributed by atoms with Gasteiger partial charge in [-0.2, -0.15) is 0 Å². The van der Waals surface area contributed by atoms with E-state index in [1.165, 1.54) is 199 Å². The molecule has 0 bridgehead atoms. The van der Waals surface area contributed by atoms with Gasteiger partial charge < -0.3 is 20.3 Å². The predicted molar refractivity (Wildman–Crippen MR) is 269 cm³/mol. The molecule has 0 aliphatic heterocycles.